The summed E-state index contributed by atoms with van der Waals surface area (Å²) in [6.45, 7) is 2.41. The van der Waals surface area contributed by atoms with Gasteiger partial charge in [0.25, 0.3) is 5.91 Å². The molecular formula is C20H26F3N3O2. The molecule has 3 rings (SSSR count). The van der Waals surface area contributed by atoms with Gasteiger partial charge in [-0.15, -0.1) is 0 Å². The molecule has 2 unspecified atom stereocenters. The maximum Gasteiger partial charge on any atom is 0.401 e. The number of nitrogens with one attached hydrogen (secondary N) is 1. The third-order valence-corrected chi connectivity index (χ3v) is 5.72. The van der Waals surface area contributed by atoms with Crippen LogP contribution in [-0.2, 0) is 4.79 Å². The van der Waals surface area contributed by atoms with Crippen LogP contribution in [0.5, 0.6) is 0 Å². The summed E-state index contributed by atoms with van der Waals surface area (Å²) >= 11 is 0. The number of likely N-dealkylation sites (tertiary alicyclic amines) is 2. The standard InChI is InChI=1S/C20H26F3N3O2/c1-19(9-5-10-26(19)17(27)16-6-3-2-4-7-16)18(28)24-12-15-8-11-25(13-15)14-20(21,22)23/h2-4,6-7,15H,5,8-14H2,1H3,(H,24,28). The van der Waals surface area contributed by atoms with Crippen molar-refractivity contribution in [3.05, 3.63) is 35.9 Å². The van der Waals surface area contributed by atoms with Gasteiger partial charge in [0.05, 0.1) is 6.54 Å². The van der Waals surface area contributed by atoms with Crippen LogP contribution in [0.15, 0.2) is 30.3 Å². The highest BCUT2D eigenvalue weighted by atomic mass is 19.4. The van der Waals surface area contributed by atoms with E-state index in [1.165, 1.54) is 4.90 Å². The number of hydrogen-bond donors (Lipinski definition) is 1. The lowest BCUT2D eigenvalue weighted by Crippen LogP contribution is -2.56. The number of nitrogens with zero attached hydrogens (tertiary/aromatic N) is 2. The normalized spacial score (nSPS) is 25.9. The number of amides is 2. The lowest BCUT2D eigenvalue weighted by atomic mass is 9.96. The van der Waals surface area contributed by atoms with Crippen LogP contribution in [0.4, 0.5) is 13.2 Å². The zero-order chi connectivity index (χ0) is 20.4. The lowest BCUT2D eigenvalue weighted by molar-refractivity contribution is -0.143. The minimum atomic E-state index is -4.20. The summed E-state index contributed by atoms with van der Waals surface area (Å²) in [4.78, 5) is 28.7. The highest BCUT2D eigenvalue weighted by molar-refractivity contribution is 5.99. The number of benzene rings is 1. The van der Waals surface area contributed by atoms with Crippen LogP contribution in [-0.4, -0.2) is 66.1 Å². The molecule has 2 amide bonds. The van der Waals surface area contributed by atoms with E-state index in [2.05, 4.69) is 5.32 Å². The van der Waals surface area contributed by atoms with Gasteiger partial charge >= 0.3 is 6.18 Å². The highest BCUT2D eigenvalue weighted by Gasteiger charge is 2.46. The number of carbonyl (C=O) groups is 2. The molecule has 5 nitrogen and oxygen atoms in total. The first-order chi connectivity index (χ1) is 13.2. The molecule has 2 atom stereocenters. The molecule has 0 radical (unpaired) electrons. The molecule has 2 saturated heterocycles. The van der Waals surface area contributed by atoms with Gasteiger partial charge in [0, 0.05) is 25.2 Å². The topological polar surface area (TPSA) is 52.7 Å². The molecule has 2 fully saturated rings. The van der Waals surface area contributed by atoms with Crippen molar-refractivity contribution in [1.82, 2.24) is 15.1 Å². The molecule has 154 valence electrons. The largest absolute Gasteiger partial charge is 0.401 e. The first-order valence-electron chi connectivity index (χ1n) is 9.63. The second-order valence-corrected chi connectivity index (χ2v) is 7.92. The van der Waals surface area contributed by atoms with Crippen molar-refractivity contribution in [3.63, 3.8) is 0 Å². The van der Waals surface area contributed by atoms with Gasteiger partial charge in [0.1, 0.15) is 5.54 Å². The lowest BCUT2D eigenvalue weighted by Gasteiger charge is -2.34. The van der Waals surface area contributed by atoms with Crippen LogP contribution in [0.25, 0.3) is 0 Å². The Bertz CT molecular complexity index is 710. The van der Waals surface area contributed by atoms with E-state index in [0.29, 0.717) is 44.6 Å². The summed E-state index contributed by atoms with van der Waals surface area (Å²) in [6.07, 6.45) is -2.26. The van der Waals surface area contributed by atoms with Gasteiger partial charge in [-0.1, -0.05) is 18.2 Å². The summed E-state index contributed by atoms with van der Waals surface area (Å²) in [5, 5.41) is 2.89. The average Bonchev–Trinajstić information content (AvgIpc) is 3.25. The van der Waals surface area contributed by atoms with E-state index in [9.17, 15) is 22.8 Å². The number of rotatable bonds is 5. The van der Waals surface area contributed by atoms with E-state index in [1.807, 2.05) is 6.07 Å². The summed E-state index contributed by atoms with van der Waals surface area (Å²) in [5.41, 5.74) is -0.390. The van der Waals surface area contributed by atoms with Crippen molar-refractivity contribution >= 4 is 11.8 Å². The predicted molar refractivity (Wildman–Crippen MR) is 98.7 cm³/mol. The van der Waals surface area contributed by atoms with Crippen LogP contribution >= 0.6 is 0 Å². The zero-order valence-corrected chi connectivity index (χ0v) is 16.0. The van der Waals surface area contributed by atoms with Crippen LogP contribution in [0.1, 0.15) is 36.5 Å². The fourth-order valence-corrected chi connectivity index (χ4v) is 4.17. The Labute approximate surface area is 162 Å². The van der Waals surface area contributed by atoms with E-state index in [0.717, 1.165) is 6.42 Å². The minimum absolute atomic E-state index is 0.00502. The van der Waals surface area contributed by atoms with Gasteiger partial charge in [-0.05, 0) is 50.8 Å². The van der Waals surface area contributed by atoms with Crippen molar-refractivity contribution in [3.8, 4) is 0 Å². The maximum atomic E-state index is 12.9. The van der Waals surface area contributed by atoms with Gasteiger partial charge in [0.2, 0.25) is 5.91 Å². The summed E-state index contributed by atoms with van der Waals surface area (Å²) in [7, 11) is 0. The van der Waals surface area contributed by atoms with Crippen LogP contribution in [0.2, 0.25) is 0 Å². The first-order valence-corrected chi connectivity index (χ1v) is 9.63. The molecule has 0 aromatic heterocycles. The molecule has 0 spiro atoms. The fraction of sp³-hybridized carbons (Fsp3) is 0.600. The Balaban J connectivity index is 1.57. The van der Waals surface area contributed by atoms with E-state index in [4.69, 9.17) is 0 Å². The highest BCUT2D eigenvalue weighted by Crippen LogP contribution is 2.31. The third kappa shape index (κ3) is 4.66. The molecule has 2 aliphatic rings. The predicted octanol–water partition coefficient (Wildman–Crippen LogP) is 2.68. The molecule has 1 aromatic rings. The molecule has 0 bridgehead atoms. The first kappa shape index (κ1) is 20.6. The van der Waals surface area contributed by atoms with Crippen LogP contribution in [0.3, 0.4) is 0 Å². The molecular weight excluding hydrogens is 371 g/mol. The van der Waals surface area contributed by atoms with E-state index in [1.54, 1.807) is 36.1 Å². The van der Waals surface area contributed by atoms with E-state index in [-0.39, 0.29) is 17.7 Å². The van der Waals surface area contributed by atoms with Gasteiger partial charge in [-0.3, -0.25) is 14.5 Å². The van der Waals surface area contributed by atoms with Crippen molar-refractivity contribution in [2.45, 2.75) is 37.9 Å². The van der Waals surface area contributed by atoms with Gasteiger partial charge in [-0.2, -0.15) is 13.2 Å². The molecule has 0 saturated carbocycles. The number of carbonyl (C=O) groups excluding carboxylic acids is 2. The van der Waals surface area contributed by atoms with E-state index >= 15 is 0 Å². The Morgan fingerprint density at radius 3 is 2.61 bits per heavy atom. The minimum Gasteiger partial charge on any atom is -0.354 e. The quantitative estimate of drug-likeness (QED) is 0.831. The summed E-state index contributed by atoms with van der Waals surface area (Å²) < 4.78 is 37.5. The summed E-state index contributed by atoms with van der Waals surface area (Å²) in [5.74, 6) is -0.411. The van der Waals surface area contributed by atoms with Crippen LogP contribution < -0.4 is 5.32 Å². The second kappa shape index (κ2) is 8.11. The SMILES string of the molecule is CC1(C(=O)NCC2CCN(CC(F)(F)F)C2)CCCN1C(=O)c1ccccc1. The van der Waals surface area contributed by atoms with Gasteiger partial charge in [0.15, 0.2) is 0 Å². The molecule has 2 aliphatic heterocycles. The molecule has 2 heterocycles. The Hall–Kier alpha value is -2.09. The molecule has 1 aromatic carbocycles. The smallest absolute Gasteiger partial charge is 0.354 e. The zero-order valence-electron chi connectivity index (χ0n) is 16.0. The molecule has 8 heteroatoms. The summed E-state index contributed by atoms with van der Waals surface area (Å²) in [6, 6.07) is 8.86. The average molecular weight is 397 g/mol. The Morgan fingerprint density at radius 2 is 1.93 bits per heavy atom. The Kier molecular flexibility index (Phi) is 5.98. The van der Waals surface area contributed by atoms with Crippen molar-refractivity contribution in [2.24, 2.45) is 5.92 Å². The fourth-order valence-electron chi connectivity index (χ4n) is 4.17. The monoisotopic (exact) mass is 397 g/mol. The van der Waals surface area contributed by atoms with Gasteiger partial charge < -0.3 is 10.2 Å². The molecule has 1 N–H and O–H groups in total. The second-order valence-electron chi connectivity index (χ2n) is 7.92. The van der Waals surface area contributed by atoms with E-state index < -0.39 is 18.3 Å². The third-order valence-electron chi connectivity index (χ3n) is 5.72. The number of halogens is 3. The van der Waals surface area contributed by atoms with Crippen molar-refractivity contribution < 1.29 is 22.8 Å². The molecule has 28 heavy (non-hydrogen) atoms. The van der Waals surface area contributed by atoms with Gasteiger partial charge in [-0.25, -0.2) is 0 Å². The van der Waals surface area contributed by atoms with Crippen molar-refractivity contribution in [1.29, 1.82) is 0 Å². The Morgan fingerprint density at radius 1 is 1.21 bits per heavy atom. The number of alkyl halides is 3. The van der Waals surface area contributed by atoms with Crippen molar-refractivity contribution in [2.75, 3.05) is 32.7 Å². The maximum absolute atomic E-state index is 12.9. The number of hydrogen-bond acceptors (Lipinski definition) is 3. The molecule has 0 aliphatic carbocycles. The van der Waals surface area contributed by atoms with Crippen LogP contribution in [0, 0.1) is 5.92 Å².